The van der Waals surface area contributed by atoms with Crippen LogP contribution in [0.3, 0.4) is 0 Å². The number of hydrogen-bond acceptors (Lipinski definition) is 3. The number of rotatable bonds is 4. The highest BCUT2D eigenvalue weighted by Gasteiger charge is 2.35. The molecule has 0 amide bonds. The Morgan fingerprint density at radius 1 is 1.26 bits per heavy atom. The lowest BCUT2D eigenvalue weighted by Gasteiger charge is -2.37. The molecule has 1 aromatic carbocycles. The van der Waals surface area contributed by atoms with E-state index in [0.717, 1.165) is 18.4 Å². The third kappa shape index (κ3) is 3.92. The van der Waals surface area contributed by atoms with Crippen LogP contribution < -0.4 is 4.72 Å². The molecule has 0 bridgehead atoms. The summed E-state index contributed by atoms with van der Waals surface area (Å²) in [4.78, 5) is 0. The van der Waals surface area contributed by atoms with Crippen LogP contribution in [-0.2, 0) is 20.2 Å². The molecule has 0 aromatic heterocycles. The van der Waals surface area contributed by atoms with E-state index in [9.17, 15) is 8.42 Å². The Morgan fingerprint density at radius 2 is 1.84 bits per heavy atom. The van der Waals surface area contributed by atoms with Crippen molar-refractivity contribution in [2.75, 3.05) is 26.0 Å². The van der Waals surface area contributed by atoms with Gasteiger partial charge in [-0.2, -0.15) is 0 Å². The summed E-state index contributed by atoms with van der Waals surface area (Å²) in [6.45, 7) is 1.69. The van der Waals surface area contributed by atoms with Gasteiger partial charge in [0.05, 0.1) is 6.26 Å². The monoisotopic (exact) mass is 303 g/mol. The zero-order valence-corrected chi connectivity index (χ0v) is 12.4. The van der Waals surface area contributed by atoms with Crippen molar-refractivity contribution < 1.29 is 13.2 Å². The molecule has 1 aliphatic rings. The standard InChI is InChI=1S/C13H18ClNO3S/c1-19(16,17)15-10-13(6-8-18-9-7-13)11-2-4-12(14)5-3-11/h2-5,15H,6-10H2,1H3. The Morgan fingerprint density at radius 3 is 2.37 bits per heavy atom. The van der Waals surface area contributed by atoms with Gasteiger partial charge in [-0.05, 0) is 30.5 Å². The third-order valence-electron chi connectivity index (χ3n) is 3.58. The predicted octanol–water partition coefficient (Wildman–Crippen LogP) is 1.94. The average molecular weight is 304 g/mol. The second-order valence-corrected chi connectivity index (χ2v) is 7.26. The molecule has 0 radical (unpaired) electrons. The van der Waals surface area contributed by atoms with E-state index < -0.39 is 10.0 Å². The molecule has 1 aliphatic heterocycles. The minimum absolute atomic E-state index is 0.202. The lowest BCUT2D eigenvalue weighted by Crippen LogP contribution is -2.44. The van der Waals surface area contributed by atoms with Gasteiger partial charge in [-0.25, -0.2) is 13.1 Å². The fraction of sp³-hybridized carbons (Fsp3) is 0.538. The molecule has 1 aromatic rings. The van der Waals surface area contributed by atoms with Gasteiger partial charge in [0.15, 0.2) is 0 Å². The van der Waals surface area contributed by atoms with Crippen LogP contribution in [0.4, 0.5) is 0 Å². The summed E-state index contributed by atoms with van der Waals surface area (Å²) in [5.41, 5.74) is 0.905. The van der Waals surface area contributed by atoms with Crippen molar-refractivity contribution in [2.45, 2.75) is 18.3 Å². The summed E-state index contributed by atoms with van der Waals surface area (Å²) in [7, 11) is -3.19. The normalized spacial score (nSPS) is 19.3. The quantitative estimate of drug-likeness (QED) is 0.925. The van der Waals surface area contributed by atoms with Gasteiger partial charge in [-0.3, -0.25) is 0 Å². The first-order valence-electron chi connectivity index (χ1n) is 6.20. The maximum atomic E-state index is 11.3. The summed E-state index contributed by atoms with van der Waals surface area (Å²) < 4.78 is 30.7. The Hall–Kier alpha value is -0.620. The molecule has 1 fully saturated rings. The molecule has 6 heteroatoms. The van der Waals surface area contributed by atoms with E-state index in [2.05, 4.69) is 4.72 Å². The molecule has 4 nitrogen and oxygen atoms in total. The van der Waals surface area contributed by atoms with E-state index in [4.69, 9.17) is 16.3 Å². The van der Waals surface area contributed by atoms with E-state index in [1.807, 2.05) is 24.3 Å². The van der Waals surface area contributed by atoms with Gasteiger partial charge in [0, 0.05) is 30.2 Å². The Balaban J connectivity index is 2.26. The van der Waals surface area contributed by atoms with Gasteiger partial charge in [0.25, 0.3) is 0 Å². The smallest absolute Gasteiger partial charge is 0.208 e. The molecule has 19 heavy (non-hydrogen) atoms. The second kappa shape index (κ2) is 5.79. The molecular formula is C13H18ClNO3S. The first kappa shape index (κ1) is 14.8. The number of nitrogens with one attached hydrogen (secondary N) is 1. The zero-order chi connectivity index (χ0) is 13.9. The maximum Gasteiger partial charge on any atom is 0.208 e. The van der Waals surface area contributed by atoms with Crippen molar-refractivity contribution in [2.24, 2.45) is 0 Å². The lowest BCUT2D eigenvalue weighted by molar-refractivity contribution is 0.0517. The molecule has 1 saturated heterocycles. The summed E-state index contributed by atoms with van der Waals surface area (Å²) >= 11 is 5.91. The fourth-order valence-electron chi connectivity index (χ4n) is 2.40. The van der Waals surface area contributed by atoms with Gasteiger partial charge in [-0.15, -0.1) is 0 Å². The molecule has 2 rings (SSSR count). The van der Waals surface area contributed by atoms with Crippen LogP contribution >= 0.6 is 11.6 Å². The van der Waals surface area contributed by atoms with Gasteiger partial charge < -0.3 is 4.74 Å². The topological polar surface area (TPSA) is 55.4 Å². The molecule has 1 heterocycles. The van der Waals surface area contributed by atoms with Crippen LogP contribution in [0, 0.1) is 0 Å². The first-order chi connectivity index (χ1) is 8.91. The van der Waals surface area contributed by atoms with E-state index in [1.165, 1.54) is 6.26 Å². The number of benzene rings is 1. The Labute approximate surface area is 119 Å². The van der Waals surface area contributed by atoms with Gasteiger partial charge in [-0.1, -0.05) is 23.7 Å². The molecule has 0 atom stereocenters. The number of hydrogen-bond donors (Lipinski definition) is 1. The van der Waals surface area contributed by atoms with Crippen LogP contribution in [0.15, 0.2) is 24.3 Å². The first-order valence-corrected chi connectivity index (χ1v) is 8.47. The maximum absolute atomic E-state index is 11.3. The van der Waals surface area contributed by atoms with Gasteiger partial charge in [0.1, 0.15) is 0 Å². The summed E-state index contributed by atoms with van der Waals surface area (Å²) in [6.07, 6.45) is 2.79. The van der Waals surface area contributed by atoms with E-state index in [0.29, 0.717) is 24.8 Å². The molecule has 0 spiro atoms. The van der Waals surface area contributed by atoms with Crippen molar-refractivity contribution in [1.82, 2.24) is 4.72 Å². The highest BCUT2D eigenvalue weighted by Crippen LogP contribution is 2.35. The van der Waals surface area contributed by atoms with Crippen LogP contribution in [0.1, 0.15) is 18.4 Å². The van der Waals surface area contributed by atoms with E-state index in [-0.39, 0.29) is 5.41 Å². The molecule has 0 aliphatic carbocycles. The zero-order valence-electron chi connectivity index (χ0n) is 10.9. The summed E-state index contributed by atoms with van der Waals surface area (Å²) in [5, 5.41) is 0.682. The van der Waals surface area contributed by atoms with Crippen molar-refractivity contribution in [1.29, 1.82) is 0 Å². The second-order valence-electron chi connectivity index (χ2n) is 4.99. The predicted molar refractivity (Wildman–Crippen MR) is 76.0 cm³/mol. The minimum atomic E-state index is -3.19. The minimum Gasteiger partial charge on any atom is -0.381 e. The number of sulfonamides is 1. The number of ether oxygens (including phenoxy) is 1. The third-order valence-corrected chi connectivity index (χ3v) is 4.50. The van der Waals surface area contributed by atoms with Crippen molar-refractivity contribution in [3.05, 3.63) is 34.9 Å². The fourth-order valence-corrected chi connectivity index (χ4v) is 3.07. The van der Waals surface area contributed by atoms with Crippen molar-refractivity contribution in [3.8, 4) is 0 Å². The molecule has 1 N–H and O–H groups in total. The molecule has 106 valence electrons. The van der Waals surface area contributed by atoms with E-state index in [1.54, 1.807) is 0 Å². The molecule has 0 unspecified atom stereocenters. The highest BCUT2D eigenvalue weighted by molar-refractivity contribution is 7.88. The molecular weight excluding hydrogens is 286 g/mol. The van der Waals surface area contributed by atoms with Crippen LogP contribution in [0.5, 0.6) is 0 Å². The Kier molecular flexibility index (Phi) is 4.50. The summed E-state index contributed by atoms with van der Waals surface area (Å²) in [5.74, 6) is 0. The largest absolute Gasteiger partial charge is 0.381 e. The number of halogens is 1. The summed E-state index contributed by atoms with van der Waals surface area (Å²) in [6, 6.07) is 7.62. The van der Waals surface area contributed by atoms with Crippen molar-refractivity contribution in [3.63, 3.8) is 0 Å². The van der Waals surface area contributed by atoms with Crippen LogP contribution in [0.2, 0.25) is 5.02 Å². The highest BCUT2D eigenvalue weighted by atomic mass is 35.5. The van der Waals surface area contributed by atoms with E-state index >= 15 is 0 Å². The Bertz CT molecular complexity index is 521. The molecule has 0 saturated carbocycles. The lowest BCUT2D eigenvalue weighted by atomic mass is 9.74. The van der Waals surface area contributed by atoms with Crippen molar-refractivity contribution >= 4 is 21.6 Å². The van der Waals surface area contributed by atoms with Gasteiger partial charge in [0.2, 0.25) is 10.0 Å². The van der Waals surface area contributed by atoms with Crippen LogP contribution in [0.25, 0.3) is 0 Å². The average Bonchev–Trinajstić information content (AvgIpc) is 2.37. The van der Waals surface area contributed by atoms with Gasteiger partial charge >= 0.3 is 0 Å². The SMILES string of the molecule is CS(=O)(=O)NCC1(c2ccc(Cl)cc2)CCOCC1. The van der Waals surface area contributed by atoms with Crippen LogP contribution in [-0.4, -0.2) is 34.4 Å².